The third-order valence-electron chi connectivity index (χ3n) is 2.57. The average Bonchev–Trinajstić information content (AvgIpc) is 2.29. The lowest BCUT2D eigenvalue weighted by molar-refractivity contribution is -0.115. The highest BCUT2D eigenvalue weighted by atomic mass is 16.2. The zero-order valence-corrected chi connectivity index (χ0v) is 9.16. The van der Waals surface area contributed by atoms with Gasteiger partial charge in [0.2, 0.25) is 5.91 Å². The van der Waals surface area contributed by atoms with Crippen LogP contribution in [0.4, 0.5) is 11.4 Å². The first-order chi connectivity index (χ1) is 7.74. The third-order valence-corrected chi connectivity index (χ3v) is 2.57. The fourth-order valence-corrected chi connectivity index (χ4v) is 1.89. The van der Waals surface area contributed by atoms with Gasteiger partial charge in [0.25, 0.3) is 0 Å². The SMILES string of the molecule is CCCN1CC(=O)Nc2ccc(C#N)cc21. The number of nitrogens with one attached hydrogen (secondary N) is 1. The molecular weight excluding hydrogens is 202 g/mol. The van der Waals surface area contributed by atoms with Crippen LogP contribution in [0.1, 0.15) is 18.9 Å². The summed E-state index contributed by atoms with van der Waals surface area (Å²) in [7, 11) is 0. The molecule has 0 aromatic heterocycles. The van der Waals surface area contributed by atoms with Crippen molar-refractivity contribution in [1.82, 2.24) is 0 Å². The number of hydrogen-bond acceptors (Lipinski definition) is 3. The van der Waals surface area contributed by atoms with Gasteiger partial charge in [-0.15, -0.1) is 0 Å². The molecule has 1 amide bonds. The fraction of sp³-hybridized carbons (Fsp3) is 0.333. The molecule has 0 fully saturated rings. The molecule has 82 valence electrons. The summed E-state index contributed by atoms with van der Waals surface area (Å²) in [6.07, 6.45) is 0.976. The van der Waals surface area contributed by atoms with Crippen molar-refractivity contribution >= 4 is 17.3 Å². The lowest BCUT2D eigenvalue weighted by Crippen LogP contribution is -2.38. The minimum Gasteiger partial charge on any atom is -0.361 e. The van der Waals surface area contributed by atoms with Gasteiger partial charge in [-0.3, -0.25) is 4.79 Å². The Bertz CT molecular complexity index is 462. The first-order valence-electron chi connectivity index (χ1n) is 5.33. The van der Waals surface area contributed by atoms with Gasteiger partial charge < -0.3 is 10.2 Å². The van der Waals surface area contributed by atoms with Gasteiger partial charge in [-0.2, -0.15) is 5.26 Å². The van der Waals surface area contributed by atoms with Crippen LogP contribution in [0.2, 0.25) is 0 Å². The maximum atomic E-state index is 11.4. The summed E-state index contributed by atoms with van der Waals surface area (Å²) in [6.45, 7) is 3.27. The normalized spacial score (nSPS) is 14.0. The number of carbonyl (C=O) groups is 1. The molecule has 1 aliphatic rings. The Kier molecular flexibility index (Phi) is 2.78. The monoisotopic (exact) mass is 215 g/mol. The Morgan fingerprint density at radius 3 is 3.06 bits per heavy atom. The topological polar surface area (TPSA) is 56.1 Å². The van der Waals surface area contributed by atoms with Gasteiger partial charge in [-0.05, 0) is 24.6 Å². The standard InChI is InChI=1S/C12H13N3O/c1-2-5-15-8-12(16)14-10-4-3-9(7-13)6-11(10)15/h3-4,6H,2,5,8H2,1H3,(H,14,16). The van der Waals surface area contributed by atoms with E-state index in [1.54, 1.807) is 12.1 Å². The molecule has 0 saturated carbocycles. The van der Waals surface area contributed by atoms with E-state index in [9.17, 15) is 4.79 Å². The van der Waals surface area contributed by atoms with Gasteiger partial charge in [0, 0.05) is 6.54 Å². The number of anilines is 2. The summed E-state index contributed by atoms with van der Waals surface area (Å²) in [5, 5.41) is 11.7. The van der Waals surface area contributed by atoms with E-state index in [4.69, 9.17) is 5.26 Å². The molecule has 0 bridgehead atoms. The molecule has 1 N–H and O–H groups in total. The highest BCUT2D eigenvalue weighted by Crippen LogP contribution is 2.30. The van der Waals surface area contributed by atoms with Crippen molar-refractivity contribution in [2.75, 3.05) is 23.3 Å². The van der Waals surface area contributed by atoms with Gasteiger partial charge >= 0.3 is 0 Å². The summed E-state index contributed by atoms with van der Waals surface area (Å²) in [5.74, 6) is 0.00524. The second kappa shape index (κ2) is 4.23. The summed E-state index contributed by atoms with van der Waals surface area (Å²) in [6, 6.07) is 7.44. The second-order valence-corrected chi connectivity index (χ2v) is 3.81. The van der Waals surface area contributed by atoms with Crippen LogP contribution in [-0.2, 0) is 4.79 Å². The molecule has 1 aliphatic heterocycles. The Morgan fingerprint density at radius 2 is 2.38 bits per heavy atom. The number of hydrogen-bond donors (Lipinski definition) is 1. The average molecular weight is 215 g/mol. The highest BCUT2D eigenvalue weighted by Gasteiger charge is 2.21. The molecule has 0 saturated heterocycles. The second-order valence-electron chi connectivity index (χ2n) is 3.81. The molecule has 4 nitrogen and oxygen atoms in total. The minimum atomic E-state index is 0.00524. The van der Waals surface area contributed by atoms with Gasteiger partial charge in [0.1, 0.15) is 0 Å². The summed E-state index contributed by atoms with van der Waals surface area (Å²) in [5.41, 5.74) is 2.36. The Balaban J connectivity index is 2.41. The van der Waals surface area contributed by atoms with Crippen molar-refractivity contribution in [3.63, 3.8) is 0 Å². The van der Waals surface area contributed by atoms with Crippen molar-refractivity contribution in [2.24, 2.45) is 0 Å². The van der Waals surface area contributed by atoms with Crippen LogP contribution in [0.3, 0.4) is 0 Å². The number of nitriles is 1. The first-order valence-corrected chi connectivity index (χ1v) is 5.33. The van der Waals surface area contributed by atoms with E-state index in [-0.39, 0.29) is 5.91 Å². The summed E-state index contributed by atoms with van der Waals surface area (Å²) >= 11 is 0. The van der Waals surface area contributed by atoms with Crippen LogP contribution in [0.15, 0.2) is 18.2 Å². The van der Waals surface area contributed by atoms with E-state index in [1.165, 1.54) is 0 Å². The Labute approximate surface area is 94.5 Å². The van der Waals surface area contributed by atoms with E-state index in [0.29, 0.717) is 12.1 Å². The lowest BCUT2D eigenvalue weighted by atomic mass is 10.1. The zero-order valence-electron chi connectivity index (χ0n) is 9.16. The first kappa shape index (κ1) is 10.5. The van der Waals surface area contributed by atoms with Crippen molar-refractivity contribution in [1.29, 1.82) is 5.26 Å². The molecule has 16 heavy (non-hydrogen) atoms. The molecule has 4 heteroatoms. The Hall–Kier alpha value is -2.02. The predicted molar refractivity (Wildman–Crippen MR) is 62.3 cm³/mol. The predicted octanol–water partition coefficient (Wildman–Crippen LogP) is 1.73. The van der Waals surface area contributed by atoms with E-state index in [0.717, 1.165) is 24.3 Å². The van der Waals surface area contributed by atoms with E-state index >= 15 is 0 Å². The highest BCUT2D eigenvalue weighted by molar-refractivity contribution is 6.01. The third kappa shape index (κ3) is 1.84. The number of benzene rings is 1. The molecule has 1 heterocycles. The van der Waals surface area contributed by atoms with Crippen LogP contribution in [0.5, 0.6) is 0 Å². The van der Waals surface area contributed by atoms with Crippen LogP contribution in [0.25, 0.3) is 0 Å². The van der Waals surface area contributed by atoms with Crippen LogP contribution >= 0.6 is 0 Å². The van der Waals surface area contributed by atoms with E-state index < -0.39 is 0 Å². The van der Waals surface area contributed by atoms with Crippen LogP contribution in [-0.4, -0.2) is 19.0 Å². The zero-order chi connectivity index (χ0) is 11.5. The molecule has 0 aliphatic carbocycles. The van der Waals surface area contributed by atoms with E-state index in [2.05, 4.69) is 18.3 Å². The fourth-order valence-electron chi connectivity index (χ4n) is 1.89. The Morgan fingerprint density at radius 1 is 1.56 bits per heavy atom. The molecule has 0 atom stereocenters. The van der Waals surface area contributed by atoms with Crippen molar-refractivity contribution in [3.05, 3.63) is 23.8 Å². The van der Waals surface area contributed by atoms with Crippen LogP contribution < -0.4 is 10.2 Å². The number of amides is 1. The quantitative estimate of drug-likeness (QED) is 0.817. The lowest BCUT2D eigenvalue weighted by Gasteiger charge is -2.30. The smallest absolute Gasteiger partial charge is 0.243 e. The van der Waals surface area contributed by atoms with Gasteiger partial charge in [-0.25, -0.2) is 0 Å². The minimum absolute atomic E-state index is 0.00524. The number of rotatable bonds is 2. The van der Waals surface area contributed by atoms with Gasteiger partial charge in [0.05, 0.1) is 29.6 Å². The molecule has 2 rings (SSSR count). The number of carbonyl (C=O) groups excluding carboxylic acids is 1. The molecule has 1 aromatic rings. The summed E-state index contributed by atoms with van der Waals surface area (Å²) in [4.78, 5) is 13.5. The van der Waals surface area contributed by atoms with Crippen molar-refractivity contribution < 1.29 is 4.79 Å². The van der Waals surface area contributed by atoms with Crippen LogP contribution in [0, 0.1) is 11.3 Å². The maximum Gasteiger partial charge on any atom is 0.243 e. The summed E-state index contributed by atoms with van der Waals surface area (Å²) < 4.78 is 0. The molecule has 0 unspecified atom stereocenters. The number of fused-ring (bicyclic) bond motifs is 1. The van der Waals surface area contributed by atoms with E-state index in [1.807, 2.05) is 11.0 Å². The number of nitrogens with zero attached hydrogens (tertiary/aromatic N) is 2. The van der Waals surface area contributed by atoms with Gasteiger partial charge in [0.15, 0.2) is 0 Å². The van der Waals surface area contributed by atoms with Crippen molar-refractivity contribution in [3.8, 4) is 6.07 Å². The molecule has 0 radical (unpaired) electrons. The maximum absolute atomic E-state index is 11.4. The largest absolute Gasteiger partial charge is 0.361 e. The molecule has 1 aromatic carbocycles. The molecular formula is C12H13N3O. The van der Waals surface area contributed by atoms with Crippen molar-refractivity contribution in [2.45, 2.75) is 13.3 Å². The molecule has 0 spiro atoms. The van der Waals surface area contributed by atoms with Gasteiger partial charge in [-0.1, -0.05) is 6.92 Å².